The lowest BCUT2D eigenvalue weighted by Gasteiger charge is -2.24. The molecule has 0 aromatic carbocycles. The fraction of sp³-hybridized carbons (Fsp3) is 0.719. The number of ether oxygens (including phenoxy) is 2. The molecule has 0 spiro atoms. The largest absolute Gasteiger partial charge is 0.472 e. The van der Waals surface area contributed by atoms with Gasteiger partial charge in [0.2, 0.25) is 0 Å². The van der Waals surface area contributed by atoms with Crippen LogP contribution in [0.25, 0.3) is 0 Å². The van der Waals surface area contributed by atoms with Gasteiger partial charge in [-0.15, -0.1) is 0 Å². The second kappa shape index (κ2) is 54.7. The van der Waals surface area contributed by atoms with Crippen LogP contribution >= 0.6 is 7.82 Å². The molecule has 0 saturated carbocycles. The third-order valence-electron chi connectivity index (χ3n) is 12.6. The third-order valence-corrected chi connectivity index (χ3v) is 13.6. The van der Waals surface area contributed by atoms with Crippen LogP contribution in [0.15, 0.2) is 97.2 Å². The highest BCUT2D eigenvalue weighted by molar-refractivity contribution is 7.47. The van der Waals surface area contributed by atoms with Crippen molar-refractivity contribution in [2.24, 2.45) is 0 Å². The number of phosphoric acid groups is 1. The predicted octanol–water partition coefficient (Wildman–Crippen LogP) is 18.8. The summed E-state index contributed by atoms with van der Waals surface area (Å²) < 4.78 is 34.5. The molecule has 1 N–H and O–H groups in total. The minimum Gasteiger partial charge on any atom is -0.462 e. The maximum atomic E-state index is 12.8. The van der Waals surface area contributed by atoms with E-state index >= 15 is 0 Å². The SMILES string of the molecule is CC/C=C\C/C=C\C/C=C\C/C=C\C/C=C\C/C=C\C/C=C\C/C=C\CCCCCCCCCCCCCCC(=O)OC(COC(=O)CCCCCCCCCCCCCCC)COP(=O)(O)OCC[N+](C)(C)C. The Labute approximate surface area is 455 Å². The van der Waals surface area contributed by atoms with Crippen molar-refractivity contribution in [3.63, 3.8) is 0 Å². The molecule has 426 valence electrons. The molecule has 2 atom stereocenters. The number of allylic oxidation sites excluding steroid dienone is 16. The first-order chi connectivity index (χ1) is 36.0. The molecule has 0 rings (SSSR count). The van der Waals surface area contributed by atoms with E-state index in [1.165, 1.54) is 122 Å². The van der Waals surface area contributed by atoms with Crippen LogP contribution in [0, 0.1) is 0 Å². The van der Waals surface area contributed by atoms with Gasteiger partial charge in [0.15, 0.2) is 6.10 Å². The van der Waals surface area contributed by atoms with E-state index < -0.39 is 26.5 Å². The zero-order chi connectivity index (χ0) is 54.2. The number of quaternary nitrogens is 1. The van der Waals surface area contributed by atoms with Crippen LogP contribution in [0.3, 0.4) is 0 Å². The Morgan fingerprint density at radius 3 is 1.15 bits per heavy atom. The minimum absolute atomic E-state index is 0.0294. The molecule has 0 aromatic heterocycles. The van der Waals surface area contributed by atoms with Gasteiger partial charge in [-0.3, -0.25) is 18.6 Å². The van der Waals surface area contributed by atoms with E-state index in [1.807, 2.05) is 21.1 Å². The molecule has 9 nitrogen and oxygen atoms in total. The Morgan fingerprint density at radius 2 is 0.770 bits per heavy atom. The topological polar surface area (TPSA) is 108 Å². The second-order valence-corrected chi connectivity index (χ2v) is 22.5. The van der Waals surface area contributed by atoms with Crippen LogP contribution in [0.4, 0.5) is 0 Å². The Kier molecular flexibility index (Phi) is 52.4. The van der Waals surface area contributed by atoms with Gasteiger partial charge in [0, 0.05) is 12.8 Å². The van der Waals surface area contributed by atoms with Crippen molar-refractivity contribution < 1.29 is 42.1 Å². The average Bonchev–Trinajstić information content (AvgIpc) is 3.36. The molecule has 74 heavy (non-hydrogen) atoms. The molecule has 2 unspecified atom stereocenters. The molecule has 0 aliphatic rings. The molecule has 0 bridgehead atoms. The number of carbonyl (C=O) groups is 2. The van der Waals surface area contributed by atoms with E-state index in [0.717, 1.165) is 89.9 Å². The maximum Gasteiger partial charge on any atom is 0.472 e. The van der Waals surface area contributed by atoms with E-state index in [2.05, 4.69) is 111 Å². The van der Waals surface area contributed by atoms with Crippen LogP contribution in [0.5, 0.6) is 0 Å². The molecule has 0 aliphatic carbocycles. The molecule has 0 radical (unpaired) electrons. The highest BCUT2D eigenvalue weighted by atomic mass is 31.2. The lowest BCUT2D eigenvalue weighted by atomic mass is 10.0. The predicted molar refractivity (Wildman–Crippen MR) is 316 cm³/mol. The number of carbonyl (C=O) groups excluding carboxylic acids is 2. The smallest absolute Gasteiger partial charge is 0.462 e. The first-order valence-corrected chi connectivity index (χ1v) is 31.5. The number of hydrogen-bond acceptors (Lipinski definition) is 7. The molecule has 0 aromatic rings. The van der Waals surface area contributed by atoms with E-state index in [1.54, 1.807) is 0 Å². The Morgan fingerprint density at radius 1 is 0.432 bits per heavy atom. The van der Waals surface area contributed by atoms with Crippen molar-refractivity contribution in [1.82, 2.24) is 0 Å². The first kappa shape index (κ1) is 70.9. The van der Waals surface area contributed by atoms with Crippen LogP contribution in [-0.4, -0.2) is 74.9 Å². The zero-order valence-electron chi connectivity index (χ0n) is 48.3. The van der Waals surface area contributed by atoms with E-state index in [4.69, 9.17) is 18.5 Å². The van der Waals surface area contributed by atoms with Crippen molar-refractivity contribution in [3.8, 4) is 0 Å². The zero-order valence-corrected chi connectivity index (χ0v) is 49.2. The molecular formula is C64H113NO8P+. The van der Waals surface area contributed by atoms with Crippen LogP contribution in [0.2, 0.25) is 0 Å². The van der Waals surface area contributed by atoms with Gasteiger partial charge in [0.1, 0.15) is 19.8 Å². The van der Waals surface area contributed by atoms with Crippen molar-refractivity contribution in [3.05, 3.63) is 97.2 Å². The van der Waals surface area contributed by atoms with Gasteiger partial charge in [0.05, 0.1) is 27.7 Å². The van der Waals surface area contributed by atoms with Crippen molar-refractivity contribution in [2.45, 2.75) is 251 Å². The van der Waals surface area contributed by atoms with E-state index in [0.29, 0.717) is 17.4 Å². The summed E-state index contributed by atoms with van der Waals surface area (Å²) in [4.78, 5) is 35.6. The second-order valence-electron chi connectivity index (χ2n) is 21.0. The molecule has 10 heteroatoms. The van der Waals surface area contributed by atoms with Gasteiger partial charge in [-0.05, 0) is 77.0 Å². The summed E-state index contributed by atoms with van der Waals surface area (Å²) in [6.45, 7) is 4.32. The number of esters is 2. The number of likely N-dealkylation sites (N-methyl/N-ethyl adjacent to an activating group) is 1. The van der Waals surface area contributed by atoms with Gasteiger partial charge in [-0.2, -0.15) is 0 Å². The summed E-state index contributed by atoms with van der Waals surface area (Å²) in [6, 6.07) is 0. The fourth-order valence-electron chi connectivity index (χ4n) is 8.03. The van der Waals surface area contributed by atoms with Gasteiger partial charge in [-0.1, -0.05) is 252 Å². The summed E-state index contributed by atoms with van der Waals surface area (Å²) >= 11 is 0. The molecule has 0 heterocycles. The molecule has 0 saturated heterocycles. The summed E-state index contributed by atoms with van der Waals surface area (Å²) in [5.41, 5.74) is 0. The monoisotopic (exact) mass is 1050 g/mol. The lowest BCUT2D eigenvalue weighted by molar-refractivity contribution is -0.870. The summed E-state index contributed by atoms with van der Waals surface area (Å²) in [5, 5.41) is 0. The first-order valence-electron chi connectivity index (χ1n) is 30.0. The van der Waals surface area contributed by atoms with E-state index in [9.17, 15) is 19.0 Å². The molecule has 0 amide bonds. The number of phosphoric ester groups is 1. The van der Waals surface area contributed by atoms with Crippen LogP contribution < -0.4 is 0 Å². The summed E-state index contributed by atoms with van der Waals surface area (Å²) in [5.74, 6) is -0.797. The van der Waals surface area contributed by atoms with Gasteiger partial charge in [0.25, 0.3) is 0 Å². The number of rotatable bonds is 54. The lowest BCUT2D eigenvalue weighted by Crippen LogP contribution is -2.37. The van der Waals surface area contributed by atoms with Crippen molar-refractivity contribution >= 4 is 19.8 Å². The van der Waals surface area contributed by atoms with Gasteiger partial charge >= 0.3 is 19.8 Å². The summed E-state index contributed by atoms with van der Waals surface area (Å²) in [7, 11) is 1.47. The molecule has 0 fully saturated rings. The normalized spacial score (nSPS) is 14.0. The van der Waals surface area contributed by atoms with Crippen molar-refractivity contribution in [2.75, 3.05) is 47.5 Å². The Hall–Kier alpha value is -3.07. The average molecular weight is 1060 g/mol. The highest BCUT2D eigenvalue weighted by Gasteiger charge is 2.27. The third kappa shape index (κ3) is 58.2. The quantitative estimate of drug-likeness (QED) is 0.0211. The molecular weight excluding hydrogens is 942 g/mol. The minimum atomic E-state index is -4.39. The number of hydrogen-bond donors (Lipinski definition) is 1. The maximum absolute atomic E-state index is 12.8. The Bertz CT molecular complexity index is 1570. The van der Waals surface area contributed by atoms with Crippen molar-refractivity contribution in [1.29, 1.82) is 0 Å². The highest BCUT2D eigenvalue weighted by Crippen LogP contribution is 2.43. The standard InChI is InChI=1S/C64H112NO8P/c1-6-8-10-12-14-16-18-20-21-22-23-24-25-26-27-28-29-30-31-32-33-34-35-36-37-38-39-40-41-42-43-45-47-49-51-53-55-57-64(67)73-62(61-72-74(68,69)71-59-58-65(3,4)5)60-70-63(66)56-54-52-50-48-46-44-19-17-15-13-11-9-7-2/h8,10,14,16,20-21,23-24,26-27,29-30,32-33,35-36,62H,6-7,9,11-13,15,17-19,22,25,28,31,34,37-61H2,1-5H3/p+1/b10-8-,16-14-,21-20-,24-23-,27-26-,30-29-,33-32-,36-35-. The van der Waals surface area contributed by atoms with E-state index in [-0.39, 0.29) is 32.0 Å². The number of unbranched alkanes of at least 4 members (excludes halogenated alkanes) is 24. The molecule has 0 aliphatic heterocycles. The Balaban J connectivity index is 4.05. The summed E-state index contributed by atoms with van der Waals surface area (Å²) in [6.07, 6.45) is 74.8. The van der Waals surface area contributed by atoms with Crippen LogP contribution in [-0.2, 0) is 32.7 Å². The number of nitrogens with zero attached hydrogens (tertiary/aromatic N) is 1. The van der Waals surface area contributed by atoms with Gasteiger partial charge < -0.3 is 18.9 Å². The van der Waals surface area contributed by atoms with Crippen LogP contribution in [0.1, 0.15) is 245 Å². The fourth-order valence-corrected chi connectivity index (χ4v) is 8.77. The van der Waals surface area contributed by atoms with Gasteiger partial charge in [-0.25, -0.2) is 4.57 Å².